The van der Waals surface area contributed by atoms with Gasteiger partial charge in [0.25, 0.3) is 11.8 Å². The van der Waals surface area contributed by atoms with E-state index in [9.17, 15) is 19.8 Å². The Morgan fingerprint density at radius 3 is 1.56 bits per heavy atom. The third-order valence-electron chi connectivity index (χ3n) is 1.68. The molecule has 6 nitrogen and oxygen atoms in total. The standard InChI is InChI=1S/C10H16N2O4/c1-3-5-11-9(15)7(13)8(14)10(16)12-6-4-2/h3-4,7-8,13-14H,1-2,5-6H2,(H,11,15)(H,12,16)/t7-,8-/m1/s1. The number of nitrogens with one attached hydrogen (secondary N) is 2. The summed E-state index contributed by atoms with van der Waals surface area (Å²) in [5.41, 5.74) is 0. The van der Waals surface area contributed by atoms with Crippen molar-refractivity contribution < 1.29 is 19.8 Å². The van der Waals surface area contributed by atoms with Crippen LogP contribution in [-0.4, -0.2) is 47.3 Å². The van der Waals surface area contributed by atoms with Crippen molar-refractivity contribution in [2.45, 2.75) is 12.2 Å². The number of rotatable bonds is 7. The fourth-order valence-corrected chi connectivity index (χ4v) is 0.841. The number of aliphatic hydroxyl groups is 2. The molecule has 0 rings (SSSR count). The zero-order chi connectivity index (χ0) is 12.6. The third kappa shape index (κ3) is 4.72. The Bertz CT molecular complexity index is 250. The number of amides is 2. The summed E-state index contributed by atoms with van der Waals surface area (Å²) in [6, 6.07) is 0. The monoisotopic (exact) mass is 228 g/mol. The van der Waals surface area contributed by atoms with Crippen molar-refractivity contribution in [1.29, 1.82) is 0 Å². The Labute approximate surface area is 93.7 Å². The van der Waals surface area contributed by atoms with E-state index in [1.165, 1.54) is 12.2 Å². The molecule has 0 unspecified atom stereocenters. The molecule has 0 aromatic rings. The molecule has 90 valence electrons. The average molecular weight is 228 g/mol. The van der Waals surface area contributed by atoms with Gasteiger partial charge in [-0.3, -0.25) is 9.59 Å². The molecule has 0 heterocycles. The minimum atomic E-state index is -1.80. The highest BCUT2D eigenvalue weighted by molar-refractivity contribution is 5.90. The van der Waals surface area contributed by atoms with Crippen LogP contribution in [0.3, 0.4) is 0 Å². The fourth-order valence-electron chi connectivity index (χ4n) is 0.841. The van der Waals surface area contributed by atoms with E-state index in [2.05, 4.69) is 23.8 Å². The van der Waals surface area contributed by atoms with E-state index >= 15 is 0 Å². The van der Waals surface area contributed by atoms with Gasteiger partial charge in [0.2, 0.25) is 0 Å². The predicted octanol–water partition coefficient (Wildman–Crippen LogP) is -1.69. The lowest BCUT2D eigenvalue weighted by molar-refractivity contribution is -0.145. The van der Waals surface area contributed by atoms with Crippen molar-refractivity contribution in [1.82, 2.24) is 10.6 Å². The lowest BCUT2D eigenvalue weighted by Gasteiger charge is -2.16. The second-order valence-corrected chi connectivity index (χ2v) is 2.96. The summed E-state index contributed by atoms with van der Waals surface area (Å²) in [5.74, 6) is -1.66. The summed E-state index contributed by atoms with van der Waals surface area (Å²) in [6.45, 7) is 7.03. The fraction of sp³-hybridized carbons (Fsp3) is 0.400. The number of carbonyl (C=O) groups is 2. The van der Waals surface area contributed by atoms with Crippen LogP contribution in [0.4, 0.5) is 0 Å². The Hall–Kier alpha value is -1.66. The van der Waals surface area contributed by atoms with Crippen molar-refractivity contribution in [3.05, 3.63) is 25.3 Å². The molecule has 0 aliphatic rings. The second-order valence-electron chi connectivity index (χ2n) is 2.96. The zero-order valence-electron chi connectivity index (χ0n) is 8.85. The van der Waals surface area contributed by atoms with E-state index in [0.717, 1.165) is 0 Å². The normalized spacial score (nSPS) is 13.4. The first-order chi connectivity index (χ1) is 7.54. The number of hydrogen-bond donors (Lipinski definition) is 4. The lowest BCUT2D eigenvalue weighted by atomic mass is 10.2. The maximum absolute atomic E-state index is 11.2. The first kappa shape index (κ1) is 14.3. The van der Waals surface area contributed by atoms with Crippen LogP contribution in [0.5, 0.6) is 0 Å². The molecule has 0 radical (unpaired) electrons. The van der Waals surface area contributed by atoms with Crippen LogP contribution in [0.1, 0.15) is 0 Å². The average Bonchev–Trinajstić information content (AvgIpc) is 2.30. The first-order valence-corrected chi connectivity index (χ1v) is 4.68. The molecule has 0 aliphatic carbocycles. The Balaban J connectivity index is 4.19. The topological polar surface area (TPSA) is 98.7 Å². The summed E-state index contributed by atoms with van der Waals surface area (Å²) in [5, 5.41) is 23.1. The SMILES string of the molecule is C=CCNC(=O)[C@H](O)[C@@H](O)C(=O)NCC=C. The Morgan fingerprint density at radius 2 is 1.31 bits per heavy atom. The summed E-state index contributed by atoms with van der Waals surface area (Å²) >= 11 is 0. The maximum atomic E-state index is 11.2. The molecule has 0 aromatic carbocycles. The molecule has 0 bridgehead atoms. The van der Waals surface area contributed by atoms with E-state index in [0.29, 0.717) is 0 Å². The van der Waals surface area contributed by atoms with E-state index < -0.39 is 24.0 Å². The number of hydrogen-bond acceptors (Lipinski definition) is 4. The van der Waals surface area contributed by atoms with Gasteiger partial charge in [-0.1, -0.05) is 12.2 Å². The quantitative estimate of drug-likeness (QED) is 0.391. The van der Waals surface area contributed by atoms with Gasteiger partial charge >= 0.3 is 0 Å². The van der Waals surface area contributed by atoms with Gasteiger partial charge in [-0.25, -0.2) is 0 Å². The zero-order valence-corrected chi connectivity index (χ0v) is 8.85. The van der Waals surface area contributed by atoms with Gasteiger partial charge in [-0.15, -0.1) is 13.2 Å². The molecule has 0 saturated carbocycles. The third-order valence-corrected chi connectivity index (χ3v) is 1.68. The molecule has 16 heavy (non-hydrogen) atoms. The molecule has 2 amide bonds. The second kappa shape index (κ2) is 7.61. The molecular weight excluding hydrogens is 212 g/mol. The molecule has 4 N–H and O–H groups in total. The van der Waals surface area contributed by atoms with Crippen LogP contribution in [0.2, 0.25) is 0 Å². The van der Waals surface area contributed by atoms with Gasteiger partial charge in [0, 0.05) is 13.1 Å². The van der Waals surface area contributed by atoms with Crippen molar-refractivity contribution in [3.8, 4) is 0 Å². The summed E-state index contributed by atoms with van der Waals surface area (Å²) in [6.07, 6.45) is -0.779. The van der Waals surface area contributed by atoms with Crippen LogP contribution >= 0.6 is 0 Å². The van der Waals surface area contributed by atoms with Gasteiger partial charge in [0.1, 0.15) is 0 Å². The largest absolute Gasteiger partial charge is 0.380 e. The smallest absolute Gasteiger partial charge is 0.252 e. The Morgan fingerprint density at radius 1 is 1.00 bits per heavy atom. The van der Waals surface area contributed by atoms with Crippen LogP contribution in [0, 0.1) is 0 Å². The predicted molar refractivity (Wildman–Crippen MR) is 58.4 cm³/mol. The minimum Gasteiger partial charge on any atom is -0.380 e. The lowest BCUT2D eigenvalue weighted by Crippen LogP contribution is -2.49. The van der Waals surface area contributed by atoms with Crippen LogP contribution < -0.4 is 10.6 Å². The maximum Gasteiger partial charge on any atom is 0.252 e. The van der Waals surface area contributed by atoms with E-state index in [1.807, 2.05) is 0 Å². The summed E-state index contributed by atoms with van der Waals surface area (Å²) < 4.78 is 0. The molecule has 2 atom stereocenters. The van der Waals surface area contributed by atoms with Crippen LogP contribution in [-0.2, 0) is 9.59 Å². The summed E-state index contributed by atoms with van der Waals surface area (Å²) in [7, 11) is 0. The van der Waals surface area contributed by atoms with Crippen molar-refractivity contribution in [3.63, 3.8) is 0 Å². The molecule has 0 aromatic heterocycles. The van der Waals surface area contributed by atoms with Gasteiger partial charge in [0.05, 0.1) is 0 Å². The molecule has 0 saturated heterocycles. The molecule has 0 aliphatic heterocycles. The van der Waals surface area contributed by atoms with E-state index in [1.54, 1.807) is 0 Å². The molecule has 6 heteroatoms. The highest BCUT2D eigenvalue weighted by Crippen LogP contribution is 1.94. The number of aliphatic hydroxyl groups excluding tert-OH is 2. The van der Waals surface area contributed by atoms with Gasteiger partial charge in [-0.05, 0) is 0 Å². The Kier molecular flexibility index (Phi) is 6.82. The van der Waals surface area contributed by atoms with E-state index in [-0.39, 0.29) is 13.1 Å². The highest BCUT2D eigenvalue weighted by Gasteiger charge is 2.29. The van der Waals surface area contributed by atoms with Gasteiger partial charge in [0.15, 0.2) is 12.2 Å². The first-order valence-electron chi connectivity index (χ1n) is 4.68. The molecule has 0 fully saturated rings. The van der Waals surface area contributed by atoms with Gasteiger partial charge in [-0.2, -0.15) is 0 Å². The van der Waals surface area contributed by atoms with Crippen LogP contribution in [0.15, 0.2) is 25.3 Å². The van der Waals surface area contributed by atoms with Crippen molar-refractivity contribution >= 4 is 11.8 Å². The van der Waals surface area contributed by atoms with Crippen molar-refractivity contribution in [2.75, 3.05) is 13.1 Å². The summed E-state index contributed by atoms with van der Waals surface area (Å²) in [4.78, 5) is 22.3. The van der Waals surface area contributed by atoms with E-state index in [4.69, 9.17) is 0 Å². The van der Waals surface area contributed by atoms with Crippen LogP contribution in [0.25, 0.3) is 0 Å². The van der Waals surface area contributed by atoms with Gasteiger partial charge < -0.3 is 20.8 Å². The highest BCUT2D eigenvalue weighted by atomic mass is 16.3. The molecule has 0 spiro atoms. The van der Waals surface area contributed by atoms with Crippen molar-refractivity contribution in [2.24, 2.45) is 0 Å². The molecular formula is C10H16N2O4. The minimum absolute atomic E-state index is 0.150. The number of carbonyl (C=O) groups excluding carboxylic acids is 2.